The highest BCUT2D eigenvalue weighted by molar-refractivity contribution is 5.97. The summed E-state index contributed by atoms with van der Waals surface area (Å²) in [5.41, 5.74) is 2.36. The molecule has 8 heteroatoms. The summed E-state index contributed by atoms with van der Waals surface area (Å²) in [6.07, 6.45) is 1.30. The molecule has 0 saturated carbocycles. The van der Waals surface area contributed by atoms with Gasteiger partial charge in [-0.1, -0.05) is 6.58 Å². The zero-order valence-corrected chi connectivity index (χ0v) is 18.6. The van der Waals surface area contributed by atoms with Crippen LogP contribution in [-0.2, 0) is 14.3 Å². The first-order chi connectivity index (χ1) is 16.0. The summed E-state index contributed by atoms with van der Waals surface area (Å²) in [6.45, 7) is 3.93. The van der Waals surface area contributed by atoms with Gasteiger partial charge in [0.1, 0.15) is 0 Å². The number of esters is 1. The lowest BCUT2D eigenvalue weighted by molar-refractivity contribution is -0.141. The van der Waals surface area contributed by atoms with Crippen LogP contribution in [-0.4, -0.2) is 46.5 Å². The second-order valence-corrected chi connectivity index (χ2v) is 8.17. The van der Waals surface area contributed by atoms with Crippen LogP contribution in [0.1, 0.15) is 28.5 Å². The van der Waals surface area contributed by atoms with Crippen LogP contribution in [0.3, 0.4) is 0 Å². The molecule has 0 bridgehead atoms. The van der Waals surface area contributed by atoms with Crippen LogP contribution in [0.5, 0.6) is 28.7 Å². The lowest BCUT2D eigenvalue weighted by atomic mass is 9.62. The van der Waals surface area contributed by atoms with Gasteiger partial charge in [0, 0.05) is 11.8 Å². The molecule has 172 valence electrons. The van der Waals surface area contributed by atoms with E-state index in [4.69, 9.17) is 28.4 Å². The molecule has 1 fully saturated rings. The van der Waals surface area contributed by atoms with Crippen molar-refractivity contribution < 1.29 is 38.0 Å². The number of methoxy groups -OCH3 is 3. The Hall–Kier alpha value is -3.68. The van der Waals surface area contributed by atoms with Crippen molar-refractivity contribution in [3.05, 3.63) is 53.6 Å². The Labute approximate surface area is 191 Å². The summed E-state index contributed by atoms with van der Waals surface area (Å²) in [5, 5.41) is 0. The summed E-state index contributed by atoms with van der Waals surface area (Å²) in [4.78, 5) is 26.0. The molecule has 2 aliphatic heterocycles. The fourth-order valence-electron chi connectivity index (χ4n) is 5.34. The maximum Gasteiger partial charge on any atom is 0.310 e. The third-order valence-electron chi connectivity index (χ3n) is 6.74. The molecule has 2 heterocycles. The van der Waals surface area contributed by atoms with Crippen molar-refractivity contribution >= 4 is 11.8 Å². The van der Waals surface area contributed by atoms with E-state index in [2.05, 4.69) is 6.58 Å². The van der Waals surface area contributed by atoms with Crippen LogP contribution >= 0.6 is 0 Å². The largest absolute Gasteiger partial charge is 0.493 e. The summed E-state index contributed by atoms with van der Waals surface area (Å²) in [6, 6.07) is 7.36. The van der Waals surface area contributed by atoms with Gasteiger partial charge in [0.25, 0.3) is 0 Å². The van der Waals surface area contributed by atoms with Gasteiger partial charge >= 0.3 is 5.97 Å². The van der Waals surface area contributed by atoms with E-state index < -0.39 is 17.8 Å². The van der Waals surface area contributed by atoms with E-state index in [0.717, 1.165) is 16.7 Å². The number of carbonyl (C=O) groups is 2. The average molecular weight is 452 g/mol. The van der Waals surface area contributed by atoms with Crippen molar-refractivity contribution in [3.63, 3.8) is 0 Å². The minimum absolute atomic E-state index is 0.0993. The molecule has 0 N–H and O–H groups in total. The molecule has 0 aromatic heterocycles. The van der Waals surface area contributed by atoms with E-state index in [1.165, 1.54) is 13.2 Å². The van der Waals surface area contributed by atoms with Crippen molar-refractivity contribution in [2.75, 3.05) is 34.7 Å². The quantitative estimate of drug-likeness (QED) is 0.488. The first kappa shape index (κ1) is 21.2. The number of benzene rings is 2. The van der Waals surface area contributed by atoms with Crippen molar-refractivity contribution in [1.29, 1.82) is 0 Å². The van der Waals surface area contributed by atoms with Crippen LogP contribution in [0.25, 0.3) is 0 Å². The summed E-state index contributed by atoms with van der Waals surface area (Å²) in [7, 11) is 4.62. The molecular formula is C25H24O8. The lowest BCUT2D eigenvalue weighted by Crippen LogP contribution is -2.37. The number of fused-ring (bicyclic) bond motifs is 3. The Morgan fingerprint density at radius 3 is 2.18 bits per heavy atom. The number of cyclic esters (lactones) is 1. The van der Waals surface area contributed by atoms with Crippen LogP contribution in [0.2, 0.25) is 0 Å². The van der Waals surface area contributed by atoms with Gasteiger partial charge in [-0.25, -0.2) is 0 Å². The first-order valence-corrected chi connectivity index (χ1v) is 10.6. The van der Waals surface area contributed by atoms with Crippen LogP contribution in [0.4, 0.5) is 0 Å². The number of hydrogen-bond acceptors (Lipinski definition) is 8. The number of carbonyl (C=O) groups excluding carboxylic acids is 2. The number of rotatable bonds is 6. The number of ketones is 1. The molecule has 4 atom stereocenters. The number of allylic oxidation sites excluding steroid dienone is 1. The van der Waals surface area contributed by atoms with Gasteiger partial charge in [-0.05, 0) is 47.0 Å². The maximum absolute atomic E-state index is 13.0. The van der Waals surface area contributed by atoms with Gasteiger partial charge in [-0.15, -0.1) is 0 Å². The topological polar surface area (TPSA) is 89.5 Å². The average Bonchev–Trinajstić information content (AvgIpc) is 3.45. The SMILES string of the molecule is C=CC(=O)[C@H]1c2cc3c(cc2[C@@H](c2cc(OC)c(OC)c(OC)c2)[C@@H]2C(=O)OC[C@@H]21)OCO3. The van der Waals surface area contributed by atoms with Gasteiger partial charge in [0.15, 0.2) is 28.8 Å². The van der Waals surface area contributed by atoms with Gasteiger partial charge in [-0.2, -0.15) is 0 Å². The molecule has 0 unspecified atom stereocenters. The Morgan fingerprint density at radius 1 is 0.970 bits per heavy atom. The van der Waals surface area contributed by atoms with Crippen molar-refractivity contribution in [3.8, 4) is 28.7 Å². The van der Waals surface area contributed by atoms with Gasteiger partial charge < -0.3 is 28.4 Å². The molecule has 2 aromatic rings. The molecule has 5 rings (SSSR count). The maximum atomic E-state index is 13.0. The summed E-state index contributed by atoms with van der Waals surface area (Å²) < 4.78 is 33.3. The number of ether oxygens (including phenoxy) is 6. The molecule has 2 aromatic carbocycles. The summed E-state index contributed by atoms with van der Waals surface area (Å²) >= 11 is 0. The molecular weight excluding hydrogens is 428 g/mol. The minimum Gasteiger partial charge on any atom is -0.493 e. The molecule has 1 saturated heterocycles. The minimum atomic E-state index is -0.574. The zero-order chi connectivity index (χ0) is 23.3. The third kappa shape index (κ3) is 3.12. The highest BCUT2D eigenvalue weighted by Crippen LogP contribution is 2.56. The standard InChI is InChI=1S/C25H24O8/c1-5-16(26)22-14-9-18-17(32-11-33-18)8-13(14)21(23-15(22)10-31-25(23)27)12-6-19(28-2)24(30-4)20(7-12)29-3/h5-9,15,21-23H,1,10-11H2,2-4H3/t15-,21-,22+,23-/m1/s1. The van der Waals surface area contributed by atoms with Crippen molar-refractivity contribution in [2.45, 2.75) is 11.8 Å². The predicted octanol–water partition coefficient (Wildman–Crippen LogP) is 3.21. The zero-order valence-electron chi connectivity index (χ0n) is 18.6. The highest BCUT2D eigenvalue weighted by atomic mass is 16.7. The Balaban J connectivity index is 1.78. The van der Waals surface area contributed by atoms with Crippen LogP contribution in [0.15, 0.2) is 36.9 Å². The van der Waals surface area contributed by atoms with E-state index in [1.54, 1.807) is 14.2 Å². The lowest BCUT2D eigenvalue weighted by Gasteiger charge is -2.38. The molecule has 0 amide bonds. The number of hydrogen-bond donors (Lipinski definition) is 0. The van der Waals surface area contributed by atoms with Gasteiger partial charge in [0.05, 0.1) is 39.8 Å². The third-order valence-corrected chi connectivity index (χ3v) is 6.74. The summed E-state index contributed by atoms with van der Waals surface area (Å²) in [5.74, 6) is 0.131. The van der Waals surface area contributed by atoms with Crippen molar-refractivity contribution in [2.24, 2.45) is 11.8 Å². The van der Waals surface area contributed by atoms with E-state index >= 15 is 0 Å². The second kappa shape index (κ2) is 8.03. The molecule has 1 aliphatic carbocycles. The molecule has 33 heavy (non-hydrogen) atoms. The van der Waals surface area contributed by atoms with E-state index in [0.29, 0.717) is 28.7 Å². The van der Waals surface area contributed by atoms with E-state index in [1.807, 2.05) is 24.3 Å². The van der Waals surface area contributed by atoms with Gasteiger partial charge in [0.2, 0.25) is 12.5 Å². The monoisotopic (exact) mass is 452 g/mol. The second-order valence-electron chi connectivity index (χ2n) is 8.17. The van der Waals surface area contributed by atoms with E-state index in [-0.39, 0.29) is 31.1 Å². The first-order valence-electron chi connectivity index (χ1n) is 10.6. The normalized spacial score (nSPS) is 24.4. The van der Waals surface area contributed by atoms with Crippen LogP contribution in [0, 0.1) is 11.8 Å². The Kier molecular flexibility index (Phi) is 5.15. The molecule has 8 nitrogen and oxygen atoms in total. The Morgan fingerprint density at radius 2 is 1.61 bits per heavy atom. The van der Waals surface area contributed by atoms with Gasteiger partial charge in [-0.3, -0.25) is 9.59 Å². The van der Waals surface area contributed by atoms with Crippen LogP contribution < -0.4 is 23.7 Å². The fraction of sp³-hybridized carbons (Fsp3) is 0.360. The molecule has 3 aliphatic rings. The van der Waals surface area contributed by atoms with E-state index in [9.17, 15) is 9.59 Å². The predicted molar refractivity (Wildman–Crippen MR) is 116 cm³/mol. The molecule has 0 spiro atoms. The van der Waals surface area contributed by atoms with Crippen molar-refractivity contribution in [1.82, 2.24) is 0 Å². The Bertz CT molecular complexity index is 1130. The molecule has 0 radical (unpaired) electrons. The smallest absolute Gasteiger partial charge is 0.310 e. The highest BCUT2D eigenvalue weighted by Gasteiger charge is 2.54. The fourth-order valence-corrected chi connectivity index (χ4v) is 5.34.